The molecule has 1 amide bonds. The van der Waals surface area contributed by atoms with E-state index < -0.39 is 0 Å². The second kappa shape index (κ2) is 6.61. The minimum absolute atomic E-state index is 0.0859. The molecule has 0 atom stereocenters. The molecule has 0 radical (unpaired) electrons. The second-order valence-electron chi connectivity index (χ2n) is 6.49. The molecule has 0 spiro atoms. The van der Waals surface area contributed by atoms with Crippen molar-refractivity contribution in [2.45, 2.75) is 32.4 Å². The Balaban J connectivity index is 1.44. The number of benzene rings is 1. The number of carbonyl (C=O) groups excluding carboxylic acids is 1. The lowest BCUT2D eigenvalue weighted by atomic mass is 10.1. The third-order valence-corrected chi connectivity index (χ3v) is 4.79. The van der Waals surface area contributed by atoms with Crippen molar-refractivity contribution in [3.63, 3.8) is 0 Å². The maximum Gasteiger partial charge on any atom is 0.255 e. The Hall–Kier alpha value is -2.40. The van der Waals surface area contributed by atoms with Crippen LogP contribution >= 0.6 is 0 Å². The third kappa shape index (κ3) is 3.12. The number of pyridine rings is 1. The summed E-state index contributed by atoms with van der Waals surface area (Å²) in [6, 6.07) is 9.82. The van der Waals surface area contributed by atoms with Crippen LogP contribution in [-0.2, 0) is 13.1 Å². The van der Waals surface area contributed by atoms with Gasteiger partial charge in [0.2, 0.25) is 0 Å². The van der Waals surface area contributed by atoms with Crippen LogP contribution in [0.2, 0.25) is 0 Å². The van der Waals surface area contributed by atoms with Crippen molar-refractivity contribution >= 4 is 17.4 Å². The summed E-state index contributed by atoms with van der Waals surface area (Å²) in [5, 5.41) is 6.23. The molecule has 1 fully saturated rings. The molecule has 1 aromatic heterocycles. The van der Waals surface area contributed by atoms with Crippen LogP contribution in [0, 0.1) is 0 Å². The van der Waals surface area contributed by atoms with Crippen molar-refractivity contribution in [3.05, 3.63) is 53.2 Å². The molecule has 0 aliphatic carbocycles. The van der Waals surface area contributed by atoms with Crippen molar-refractivity contribution in [1.82, 2.24) is 10.3 Å². The topological polar surface area (TPSA) is 57.3 Å². The first-order valence-corrected chi connectivity index (χ1v) is 8.64. The lowest BCUT2D eigenvalue weighted by molar-refractivity contribution is 0.102. The largest absolute Gasteiger partial charge is 0.357 e. The molecule has 5 heteroatoms. The number of nitrogens with zero attached hydrogens (tertiary/aromatic N) is 2. The number of carbonyl (C=O) groups is 1. The summed E-state index contributed by atoms with van der Waals surface area (Å²) in [5.41, 5.74) is 3.91. The summed E-state index contributed by atoms with van der Waals surface area (Å²) in [7, 11) is 0. The number of anilines is 2. The van der Waals surface area contributed by atoms with Crippen LogP contribution < -0.4 is 15.5 Å². The van der Waals surface area contributed by atoms with Gasteiger partial charge >= 0.3 is 0 Å². The number of nitrogens with one attached hydrogen (secondary N) is 2. The highest BCUT2D eigenvalue weighted by Crippen LogP contribution is 2.20. The van der Waals surface area contributed by atoms with Gasteiger partial charge in [0.15, 0.2) is 0 Å². The minimum Gasteiger partial charge on any atom is -0.357 e. The molecule has 0 bridgehead atoms. The average Bonchev–Trinajstić information content (AvgIpc) is 3.11. The maximum atomic E-state index is 12.4. The summed E-state index contributed by atoms with van der Waals surface area (Å²) in [4.78, 5) is 19.2. The van der Waals surface area contributed by atoms with Crippen molar-refractivity contribution in [2.24, 2.45) is 0 Å². The van der Waals surface area contributed by atoms with E-state index in [0.29, 0.717) is 5.56 Å². The molecule has 124 valence electrons. The summed E-state index contributed by atoms with van der Waals surface area (Å²) in [6.07, 6.45) is 5.51. The number of piperidine rings is 1. The van der Waals surface area contributed by atoms with Gasteiger partial charge in [-0.25, -0.2) is 4.98 Å². The molecule has 24 heavy (non-hydrogen) atoms. The van der Waals surface area contributed by atoms with Crippen molar-refractivity contribution in [2.75, 3.05) is 23.3 Å². The fraction of sp³-hybridized carbons (Fsp3) is 0.368. The highest BCUT2D eigenvalue weighted by Gasteiger charge is 2.15. The number of hydrogen-bond donors (Lipinski definition) is 2. The van der Waals surface area contributed by atoms with Crippen molar-refractivity contribution in [1.29, 1.82) is 0 Å². The molecule has 2 N–H and O–H groups in total. The van der Waals surface area contributed by atoms with Gasteiger partial charge in [-0.05, 0) is 54.7 Å². The average molecular weight is 322 g/mol. The summed E-state index contributed by atoms with van der Waals surface area (Å²) < 4.78 is 0. The van der Waals surface area contributed by atoms with E-state index in [9.17, 15) is 4.79 Å². The third-order valence-electron chi connectivity index (χ3n) is 4.79. The van der Waals surface area contributed by atoms with E-state index in [1.54, 1.807) is 6.20 Å². The molecular weight excluding hydrogens is 300 g/mol. The van der Waals surface area contributed by atoms with Gasteiger partial charge in [0.25, 0.3) is 5.91 Å². The van der Waals surface area contributed by atoms with E-state index in [4.69, 9.17) is 0 Å². The Labute approximate surface area is 142 Å². The van der Waals surface area contributed by atoms with Crippen LogP contribution in [0.5, 0.6) is 0 Å². The molecule has 0 saturated carbocycles. The Bertz CT molecular complexity index is 736. The predicted octanol–water partition coefficient (Wildman–Crippen LogP) is 2.93. The Kier molecular flexibility index (Phi) is 4.17. The standard InChI is InChI=1S/C19H22N4O/c24-19(14-4-5-15-11-20-12-16(15)10-14)22-17-6-7-18(21-13-17)23-8-2-1-3-9-23/h4-7,10,13,20H,1-3,8-9,11-12H2,(H,22,24). The number of amides is 1. The number of fused-ring (bicyclic) bond motifs is 1. The smallest absolute Gasteiger partial charge is 0.255 e. The van der Waals surface area contributed by atoms with Crippen LogP contribution in [0.4, 0.5) is 11.5 Å². The lowest BCUT2D eigenvalue weighted by Gasteiger charge is -2.27. The summed E-state index contributed by atoms with van der Waals surface area (Å²) in [6.45, 7) is 3.87. The van der Waals surface area contributed by atoms with Crippen LogP contribution in [-0.4, -0.2) is 24.0 Å². The van der Waals surface area contributed by atoms with Crippen LogP contribution in [0.15, 0.2) is 36.5 Å². The maximum absolute atomic E-state index is 12.4. The van der Waals surface area contributed by atoms with Gasteiger partial charge in [-0.15, -0.1) is 0 Å². The fourth-order valence-electron chi connectivity index (χ4n) is 3.41. The molecule has 2 aliphatic rings. The Morgan fingerprint density at radius 2 is 1.88 bits per heavy atom. The zero-order valence-electron chi connectivity index (χ0n) is 13.7. The first-order chi connectivity index (χ1) is 11.8. The highest BCUT2D eigenvalue weighted by atomic mass is 16.1. The van der Waals surface area contributed by atoms with E-state index in [0.717, 1.165) is 37.7 Å². The van der Waals surface area contributed by atoms with Gasteiger partial charge in [0, 0.05) is 31.7 Å². The molecular formula is C19H22N4O. The molecule has 3 heterocycles. The van der Waals surface area contributed by atoms with E-state index in [1.165, 1.54) is 30.4 Å². The van der Waals surface area contributed by atoms with Crippen molar-refractivity contribution in [3.8, 4) is 0 Å². The Morgan fingerprint density at radius 1 is 1.04 bits per heavy atom. The summed E-state index contributed by atoms with van der Waals surface area (Å²) in [5.74, 6) is 0.911. The summed E-state index contributed by atoms with van der Waals surface area (Å²) >= 11 is 0. The number of aromatic nitrogens is 1. The Morgan fingerprint density at radius 3 is 2.67 bits per heavy atom. The van der Waals surface area contributed by atoms with E-state index >= 15 is 0 Å². The fourth-order valence-corrected chi connectivity index (χ4v) is 3.41. The number of hydrogen-bond acceptors (Lipinski definition) is 4. The van der Waals surface area contributed by atoms with E-state index in [1.807, 2.05) is 30.3 Å². The first kappa shape index (κ1) is 15.1. The van der Waals surface area contributed by atoms with E-state index in [2.05, 4.69) is 20.5 Å². The van der Waals surface area contributed by atoms with Gasteiger partial charge in [-0.1, -0.05) is 6.07 Å². The van der Waals surface area contributed by atoms with Crippen molar-refractivity contribution < 1.29 is 4.79 Å². The van der Waals surface area contributed by atoms with Crippen LogP contribution in [0.25, 0.3) is 0 Å². The predicted molar refractivity (Wildman–Crippen MR) is 95.2 cm³/mol. The lowest BCUT2D eigenvalue weighted by Crippen LogP contribution is -2.30. The molecule has 4 rings (SSSR count). The number of rotatable bonds is 3. The molecule has 5 nitrogen and oxygen atoms in total. The molecule has 2 aliphatic heterocycles. The monoisotopic (exact) mass is 322 g/mol. The SMILES string of the molecule is O=C(Nc1ccc(N2CCCCC2)nc1)c1ccc2c(c1)CNC2. The van der Waals surface area contributed by atoms with Crippen LogP contribution in [0.3, 0.4) is 0 Å². The normalized spacial score (nSPS) is 16.8. The second-order valence-corrected chi connectivity index (χ2v) is 6.49. The molecule has 1 aromatic carbocycles. The van der Waals surface area contributed by atoms with Crippen LogP contribution in [0.1, 0.15) is 40.7 Å². The molecule has 2 aromatic rings. The first-order valence-electron chi connectivity index (χ1n) is 8.64. The van der Waals surface area contributed by atoms with E-state index in [-0.39, 0.29) is 5.91 Å². The zero-order chi connectivity index (χ0) is 16.4. The zero-order valence-corrected chi connectivity index (χ0v) is 13.7. The van der Waals surface area contributed by atoms with Gasteiger partial charge in [-0.3, -0.25) is 4.79 Å². The van der Waals surface area contributed by atoms with Gasteiger partial charge in [0.1, 0.15) is 5.82 Å². The minimum atomic E-state index is -0.0859. The molecule has 0 unspecified atom stereocenters. The van der Waals surface area contributed by atoms with Gasteiger partial charge in [-0.2, -0.15) is 0 Å². The quantitative estimate of drug-likeness (QED) is 0.912. The van der Waals surface area contributed by atoms with Gasteiger partial charge in [0.05, 0.1) is 11.9 Å². The molecule has 1 saturated heterocycles. The highest BCUT2D eigenvalue weighted by molar-refractivity contribution is 6.04. The van der Waals surface area contributed by atoms with Gasteiger partial charge < -0.3 is 15.5 Å².